The molecule has 2 nitrogen and oxygen atoms in total. The molecule has 0 saturated heterocycles. The third-order valence-electron chi connectivity index (χ3n) is 8.23. The molecule has 7 rings (SSSR count). The van der Waals surface area contributed by atoms with Gasteiger partial charge in [-0.25, -0.2) is 0 Å². The van der Waals surface area contributed by atoms with E-state index < -0.39 is 13.2 Å². The molecule has 3 heteroatoms. The van der Waals surface area contributed by atoms with E-state index in [4.69, 9.17) is 6.85 Å². The van der Waals surface area contributed by atoms with Gasteiger partial charge in [0.05, 0.1) is 0 Å². The minimum absolute atomic E-state index is 0. The first-order chi connectivity index (χ1) is 24.2. The van der Waals surface area contributed by atoms with Gasteiger partial charge in [0.15, 0.2) is 0 Å². The fourth-order valence-corrected chi connectivity index (χ4v) is 5.82. The number of aromatic nitrogens is 2. The second kappa shape index (κ2) is 16.9. The van der Waals surface area contributed by atoms with Crippen molar-refractivity contribution in [3.63, 3.8) is 0 Å². The second-order valence-corrected chi connectivity index (χ2v) is 11.5. The van der Waals surface area contributed by atoms with Gasteiger partial charge in [-0.05, 0) is 70.8 Å². The first-order valence-electron chi connectivity index (χ1n) is 18.2. The summed E-state index contributed by atoms with van der Waals surface area (Å²) in [6, 6.07) is 44.8. The van der Waals surface area contributed by atoms with Crippen LogP contribution in [0.5, 0.6) is 0 Å². The smallest absolute Gasteiger partial charge is 0.0365 e. The monoisotopic (exact) mass is 782 g/mol. The van der Waals surface area contributed by atoms with E-state index in [0.29, 0.717) is 22.6 Å². The number of hydrogen-bond donors (Lipinski definition) is 0. The molecule has 1 fully saturated rings. The van der Waals surface area contributed by atoms with Gasteiger partial charge in [-0.3, -0.25) is 0 Å². The molecule has 2 heterocycles. The Kier molecular flexibility index (Phi) is 9.94. The van der Waals surface area contributed by atoms with Gasteiger partial charge < -0.3 is 9.97 Å². The molecule has 1 radical (unpaired) electrons. The maximum absolute atomic E-state index is 8.67. The fourth-order valence-electron chi connectivity index (χ4n) is 5.82. The molecule has 0 spiro atoms. The minimum Gasteiger partial charge on any atom is -0.305 e. The Balaban J connectivity index is 0.000000196. The van der Waals surface area contributed by atoms with Crippen LogP contribution < -0.4 is 0 Å². The molecular formula is C43H40IrN2-2. The van der Waals surface area contributed by atoms with Crippen molar-refractivity contribution in [2.45, 2.75) is 51.7 Å². The molecule has 1 aliphatic carbocycles. The standard InChI is InChI=1S/C24H18N.C19H22N.Ir/c1-3-7-21(8-4-1)22-13-11-19(12-14-22)17-20-15-16-25-24(18-20)23-9-5-2-6-10-23;1-15-14-20-19(17-10-6-3-7-11-17)13-18(15)12-16-8-4-2-5-9-16;/h1-9,11-16,18H,17H2;3,6-7,10,13-14,16H,2,4-5,8-9,12H2,1H3;/q2*-1;/i17D2;1D3;. The van der Waals surface area contributed by atoms with E-state index in [1.807, 2.05) is 97.1 Å². The van der Waals surface area contributed by atoms with Crippen molar-refractivity contribution < 1.29 is 27.0 Å². The van der Waals surface area contributed by atoms with Crippen molar-refractivity contribution in [1.82, 2.24) is 9.97 Å². The molecular weight excluding hydrogens is 737 g/mol. The van der Waals surface area contributed by atoms with Crippen LogP contribution in [0.25, 0.3) is 33.6 Å². The maximum atomic E-state index is 8.67. The first kappa shape index (κ1) is 27.0. The van der Waals surface area contributed by atoms with Crippen LogP contribution in [0.1, 0.15) is 61.2 Å². The number of pyridine rings is 2. The van der Waals surface area contributed by atoms with Crippen LogP contribution in [0, 0.1) is 24.9 Å². The van der Waals surface area contributed by atoms with Gasteiger partial charge in [0, 0.05) is 39.4 Å². The zero-order valence-electron chi connectivity index (χ0n) is 30.7. The average Bonchev–Trinajstić information content (AvgIpc) is 3.16. The van der Waals surface area contributed by atoms with Crippen molar-refractivity contribution in [3.05, 3.63) is 168 Å². The van der Waals surface area contributed by atoms with Crippen molar-refractivity contribution >= 4 is 0 Å². The first-order valence-corrected chi connectivity index (χ1v) is 15.7. The van der Waals surface area contributed by atoms with Gasteiger partial charge in [0.1, 0.15) is 0 Å². The number of rotatable bonds is 7. The molecule has 0 N–H and O–H groups in total. The molecule has 1 aliphatic rings. The largest absolute Gasteiger partial charge is 0.305 e. The average molecular weight is 782 g/mol. The molecule has 2 aromatic heterocycles. The Morgan fingerprint density at radius 1 is 0.696 bits per heavy atom. The van der Waals surface area contributed by atoms with Gasteiger partial charge in [-0.1, -0.05) is 104 Å². The SMILES string of the molecule is [2H]C([2H])([2H])c1cnc(-c2[c-]cccc2)cc1CC1CCCCC1.[2H]C([2H])(c1ccc(-c2ccccc2)cc1)c1ccnc(-c2[c-]cccc2)c1.[Ir]. The van der Waals surface area contributed by atoms with Crippen LogP contribution in [-0.2, 0) is 32.9 Å². The molecule has 4 aromatic carbocycles. The summed E-state index contributed by atoms with van der Waals surface area (Å²) in [7, 11) is 0. The number of aryl methyl sites for hydroxylation is 1. The summed E-state index contributed by atoms with van der Waals surface area (Å²) in [5.41, 5.74) is 8.03. The van der Waals surface area contributed by atoms with Crippen LogP contribution in [0.4, 0.5) is 0 Å². The van der Waals surface area contributed by atoms with Crippen molar-refractivity contribution in [2.24, 2.45) is 5.92 Å². The Bertz CT molecular complexity index is 1960. The fraction of sp³-hybridized carbons (Fsp3) is 0.209. The summed E-state index contributed by atoms with van der Waals surface area (Å²) in [4.78, 5) is 8.75. The third-order valence-corrected chi connectivity index (χ3v) is 8.23. The summed E-state index contributed by atoms with van der Waals surface area (Å²) >= 11 is 0. The predicted octanol–water partition coefficient (Wildman–Crippen LogP) is 10.8. The van der Waals surface area contributed by atoms with Gasteiger partial charge in [-0.15, -0.1) is 71.8 Å². The van der Waals surface area contributed by atoms with E-state index in [1.165, 1.54) is 32.1 Å². The number of benzene rings is 4. The van der Waals surface area contributed by atoms with Crippen LogP contribution >= 0.6 is 0 Å². The molecule has 6 aromatic rings. The summed E-state index contributed by atoms with van der Waals surface area (Å²) in [6.07, 6.45) is 8.67. The Hall–Kier alpha value is -4.17. The number of nitrogens with zero attached hydrogens (tertiary/aromatic N) is 2. The van der Waals surface area contributed by atoms with Crippen LogP contribution in [0.15, 0.2) is 134 Å². The van der Waals surface area contributed by atoms with E-state index in [2.05, 4.69) is 34.2 Å². The van der Waals surface area contributed by atoms with Crippen LogP contribution in [0.3, 0.4) is 0 Å². The summed E-state index contributed by atoms with van der Waals surface area (Å²) in [5.74, 6) is 0.597. The van der Waals surface area contributed by atoms with Gasteiger partial charge >= 0.3 is 0 Å². The Morgan fingerprint density at radius 2 is 1.35 bits per heavy atom. The molecule has 0 atom stereocenters. The molecule has 46 heavy (non-hydrogen) atoms. The summed E-state index contributed by atoms with van der Waals surface area (Å²) in [5, 5.41) is 0. The van der Waals surface area contributed by atoms with E-state index in [0.717, 1.165) is 45.6 Å². The van der Waals surface area contributed by atoms with E-state index in [1.54, 1.807) is 24.5 Å². The maximum Gasteiger partial charge on any atom is 0.0365 e. The Morgan fingerprint density at radius 3 is 2.00 bits per heavy atom. The van der Waals surface area contributed by atoms with Crippen molar-refractivity contribution in [2.75, 3.05) is 0 Å². The molecule has 233 valence electrons. The Labute approximate surface area is 295 Å². The third kappa shape index (κ3) is 9.19. The molecule has 0 bridgehead atoms. The van der Waals surface area contributed by atoms with Crippen LogP contribution in [-0.4, -0.2) is 9.97 Å². The predicted molar refractivity (Wildman–Crippen MR) is 187 cm³/mol. The van der Waals surface area contributed by atoms with E-state index in [-0.39, 0.29) is 20.1 Å². The zero-order valence-corrected chi connectivity index (χ0v) is 28.1. The molecule has 0 unspecified atom stereocenters. The number of hydrogen-bond acceptors (Lipinski definition) is 2. The normalized spacial score (nSPS) is 15.0. The van der Waals surface area contributed by atoms with Crippen molar-refractivity contribution in [3.8, 4) is 33.6 Å². The van der Waals surface area contributed by atoms with Gasteiger partial charge in [-0.2, -0.15) is 0 Å². The van der Waals surface area contributed by atoms with Crippen molar-refractivity contribution in [1.29, 1.82) is 0 Å². The quantitative estimate of drug-likeness (QED) is 0.151. The zero-order chi connectivity index (χ0) is 35.0. The van der Waals surface area contributed by atoms with Gasteiger partial charge in [0.25, 0.3) is 0 Å². The van der Waals surface area contributed by atoms with Gasteiger partial charge in [0.2, 0.25) is 0 Å². The summed E-state index contributed by atoms with van der Waals surface area (Å²) < 4.78 is 40.7. The molecule has 0 amide bonds. The second-order valence-electron chi connectivity index (χ2n) is 11.5. The summed E-state index contributed by atoms with van der Waals surface area (Å²) in [6.45, 7) is -2.10. The van der Waals surface area contributed by atoms with Crippen LogP contribution in [0.2, 0.25) is 0 Å². The minimum atomic E-state index is -2.10. The topological polar surface area (TPSA) is 25.8 Å². The molecule has 0 aliphatic heterocycles. The molecule has 1 saturated carbocycles. The van der Waals surface area contributed by atoms with E-state index >= 15 is 0 Å². The van der Waals surface area contributed by atoms with E-state index in [9.17, 15) is 0 Å².